The van der Waals surface area contributed by atoms with Crippen molar-refractivity contribution in [2.75, 3.05) is 0 Å². The van der Waals surface area contributed by atoms with Gasteiger partial charge < -0.3 is 4.57 Å². The van der Waals surface area contributed by atoms with Gasteiger partial charge in [0.25, 0.3) is 0 Å². The van der Waals surface area contributed by atoms with Crippen molar-refractivity contribution in [1.29, 1.82) is 0 Å². The van der Waals surface area contributed by atoms with Crippen LogP contribution in [0, 0.1) is 0 Å². The van der Waals surface area contributed by atoms with Crippen LogP contribution in [0.5, 0.6) is 0 Å². The standard InChI is InChI=1S/C18H13BrN4/c19-16-4-2-1-3-15(16)18-11-17(21-22-18)13-5-7-14(8-6-13)23-10-9-20-12-23/h1-12H,(H,21,22). The summed E-state index contributed by atoms with van der Waals surface area (Å²) < 4.78 is 3.02. The quantitative estimate of drug-likeness (QED) is 0.573. The second-order valence-electron chi connectivity index (χ2n) is 5.16. The summed E-state index contributed by atoms with van der Waals surface area (Å²) in [7, 11) is 0. The molecule has 112 valence electrons. The molecule has 0 aliphatic heterocycles. The van der Waals surface area contributed by atoms with Gasteiger partial charge >= 0.3 is 0 Å². The van der Waals surface area contributed by atoms with Crippen molar-refractivity contribution in [2.45, 2.75) is 0 Å². The van der Waals surface area contributed by atoms with E-state index >= 15 is 0 Å². The molecule has 0 spiro atoms. The largest absolute Gasteiger partial charge is 0.306 e. The highest BCUT2D eigenvalue weighted by atomic mass is 79.9. The van der Waals surface area contributed by atoms with Gasteiger partial charge in [-0.25, -0.2) is 4.98 Å². The number of hydrogen-bond acceptors (Lipinski definition) is 2. The fraction of sp³-hybridized carbons (Fsp3) is 0. The van der Waals surface area contributed by atoms with Gasteiger partial charge in [0, 0.05) is 33.7 Å². The van der Waals surface area contributed by atoms with E-state index in [0.29, 0.717) is 0 Å². The van der Waals surface area contributed by atoms with Gasteiger partial charge in [0.15, 0.2) is 0 Å². The molecule has 4 aromatic rings. The summed E-state index contributed by atoms with van der Waals surface area (Å²) in [6.07, 6.45) is 5.48. The molecule has 0 unspecified atom stereocenters. The molecule has 5 heteroatoms. The summed E-state index contributed by atoms with van der Waals surface area (Å²) in [6.45, 7) is 0. The fourth-order valence-corrected chi connectivity index (χ4v) is 3.00. The van der Waals surface area contributed by atoms with Crippen LogP contribution < -0.4 is 0 Å². The molecular weight excluding hydrogens is 352 g/mol. The maximum atomic E-state index is 4.43. The number of rotatable bonds is 3. The highest BCUT2D eigenvalue weighted by molar-refractivity contribution is 9.10. The molecule has 4 nitrogen and oxygen atoms in total. The SMILES string of the molecule is Brc1ccccc1-c1cc(-c2ccc(-n3ccnc3)cc2)n[nH]1. The lowest BCUT2D eigenvalue weighted by Gasteiger charge is -2.02. The number of hydrogen-bond donors (Lipinski definition) is 1. The van der Waals surface area contributed by atoms with E-state index in [-0.39, 0.29) is 0 Å². The molecule has 0 aliphatic rings. The third-order valence-electron chi connectivity index (χ3n) is 3.71. The van der Waals surface area contributed by atoms with E-state index in [4.69, 9.17) is 0 Å². The summed E-state index contributed by atoms with van der Waals surface area (Å²) in [5, 5.41) is 7.54. The molecule has 0 radical (unpaired) electrons. The van der Waals surface area contributed by atoms with Crippen molar-refractivity contribution in [3.8, 4) is 28.2 Å². The van der Waals surface area contributed by atoms with Crippen molar-refractivity contribution < 1.29 is 0 Å². The van der Waals surface area contributed by atoms with Gasteiger partial charge in [0.05, 0.1) is 17.7 Å². The minimum absolute atomic E-state index is 0.924. The number of aromatic nitrogens is 4. The zero-order valence-corrected chi connectivity index (χ0v) is 13.7. The van der Waals surface area contributed by atoms with E-state index in [1.807, 2.05) is 29.0 Å². The van der Waals surface area contributed by atoms with Crippen molar-refractivity contribution >= 4 is 15.9 Å². The van der Waals surface area contributed by atoms with Crippen LogP contribution in [0.4, 0.5) is 0 Å². The third kappa shape index (κ3) is 2.71. The molecule has 0 aliphatic carbocycles. The smallest absolute Gasteiger partial charge is 0.0991 e. The average molecular weight is 365 g/mol. The van der Waals surface area contributed by atoms with Crippen molar-refractivity contribution in [2.24, 2.45) is 0 Å². The van der Waals surface area contributed by atoms with Crippen molar-refractivity contribution in [3.63, 3.8) is 0 Å². The number of nitrogens with zero attached hydrogens (tertiary/aromatic N) is 3. The second-order valence-corrected chi connectivity index (χ2v) is 6.02. The summed E-state index contributed by atoms with van der Waals surface area (Å²) in [5.74, 6) is 0. The summed E-state index contributed by atoms with van der Waals surface area (Å²) >= 11 is 3.57. The Balaban J connectivity index is 1.66. The predicted molar refractivity (Wildman–Crippen MR) is 94.3 cm³/mol. The van der Waals surface area contributed by atoms with Crippen LogP contribution in [-0.2, 0) is 0 Å². The summed E-state index contributed by atoms with van der Waals surface area (Å²) in [5.41, 5.74) is 5.16. The van der Waals surface area contributed by atoms with Crippen molar-refractivity contribution in [3.05, 3.63) is 77.8 Å². The van der Waals surface area contributed by atoms with Gasteiger partial charge in [0.2, 0.25) is 0 Å². The molecule has 4 rings (SSSR count). The topological polar surface area (TPSA) is 46.5 Å². The first-order valence-corrected chi connectivity index (χ1v) is 7.99. The highest BCUT2D eigenvalue weighted by Crippen LogP contribution is 2.29. The molecule has 2 heterocycles. The molecule has 0 saturated carbocycles. The minimum Gasteiger partial charge on any atom is -0.306 e. The monoisotopic (exact) mass is 364 g/mol. The van der Waals surface area contributed by atoms with Gasteiger partial charge in [-0.2, -0.15) is 5.10 Å². The lowest BCUT2D eigenvalue weighted by molar-refractivity contribution is 1.06. The molecule has 2 aromatic carbocycles. The average Bonchev–Trinajstić information content (AvgIpc) is 3.27. The van der Waals surface area contributed by atoms with Gasteiger partial charge in [-0.15, -0.1) is 0 Å². The molecule has 0 atom stereocenters. The fourth-order valence-electron chi connectivity index (χ4n) is 2.50. The number of benzene rings is 2. The Morgan fingerprint density at radius 1 is 1.00 bits per heavy atom. The Bertz CT molecular complexity index is 924. The van der Waals surface area contributed by atoms with E-state index in [1.54, 1.807) is 12.5 Å². The molecule has 23 heavy (non-hydrogen) atoms. The number of imidazole rings is 1. The lowest BCUT2D eigenvalue weighted by Crippen LogP contribution is -1.89. The highest BCUT2D eigenvalue weighted by Gasteiger charge is 2.08. The van der Waals surface area contributed by atoms with Gasteiger partial charge in [-0.3, -0.25) is 5.10 Å². The van der Waals surface area contributed by atoms with Crippen LogP contribution in [0.2, 0.25) is 0 Å². The van der Waals surface area contributed by atoms with Crippen molar-refractivity contribution in [1.82, 2.24) is 19.7 Å². The van der Waals surface area contributed by atoms with E-state index < -0.39 is 0 Å². The number of aromatic amines is 1. The normalized spacial score (nSPS) is 10.8. The Morgan fingerprint density at radius 2 is 1.83 bits per heavy atom. The van der Waals surface area contributed by atoms with E-state index in [0.717, 1.165) is 32.7 Å². The lowest BCUT2D eigenvalue weighted by atomic mass is 10.1. The maximum Gasteiger partial charge on any atom is 0.0991 e. The molecule has 0 amide bonds. The number of halogens is 1. The van der Waals surface area contributed by atoms with Crippen LogP contribution in [0.25, 0.3) is 28.2 Å². The molecule has 2 aromatic heterocycles. The minimum atomic E-state index is 0.924. The van der Waals surface area contributed by atoms with Crippen LogP contribution >= 0.6 is 15.9 Å². The zero-order chi connectivity index (χ0) is 15.6. The van der Waals surface area contributed by atoms with E-state index in [9.17, 15) is 0 Å². The zero-order valence-electron chi connectivity index (χ0n) is 12.1. The summed E-state index contributed by atoms with van der Waals surface area (Å²) in [4.78, 5) is 4.07. The Kier molecular flexibility index (Phi) is 3.55. The van der Waals surface area contributed by atoms with Gasteiger partial charge in [-0.1, -0.05) is 46.3 Å². The van der Waals surface area contributed by atoms with Crippen LogP contribution in [-0.4, -0.2) is 19.7 Å². The number of nitrogens with one attached hydrogen (secondary N) is 1. The van der Waals surface area contributed by atoms with Crippen LogP contribution in [0.1, 0.15) is 0 Å². The first-order valence-electron chi connectivity index (χ1n) is 7.20. The Morgan fingerprint density at radius 3 is 2.57 bits per heavy atom. The molecule has 0 fully saturated rings. The molecule has 0 saturated heterocycles. The Labute approximate surface area is 142 Å². The summed E-state index contributed by atoms with van der Waals surface area (Å²) in [6, 6.07) is 18.4. The molecule has 1 N–H and O–H groups in total. The van der Waals surface area contributed by atoms with Crippen LogP contribution in [0.15, 0.2) is 77.8 Å². The molecular formula is C18H13BrN4. The Hall–Kier alpha value is -2.66. The van der Waals surface area contributed by atoms with Crippen LogP contribution in [0.3, 0.4) is 0 Å². The first kappa shape index (κ1) is 14.0. The predicted octanol–water partition coefficient (Wildman–Crippen LogP) is 4.69. The second kappa shape index (κ2) is 5.85. The maximum absolute atomic E-state index is 4.43. The van der Waals surface area contributed by atoms with E-state index in [1.165, 1.54) is 0 Å². The van der Waals surface area contributed by atoms with E-state index in [2.05, 4.69) is 67.5 Å². The third-order valence-corrected chi connectivity index (χ3v) is 4.40. The number of H-pyrrole nitrogens is 1. The first-order chi connectivity index (χ1) is 11.3. The molecule has 0 bridgehead atoms. The van der Waals surface area contributed by atoms with Gasteiger partial charge in [-0.05, 0) is 24.3 Å². The van der Waals surface area contributed by atoms with Gasteiger partial charge in [0.1, 0.15) is 0 Å².